The first-order valence-electron chi connectivity index (χ1n) is 12.6. The van der Waals surface area contributed by atoms with Gasteiger partial charge in [0, 0.05) is 35.8 Å². The van der Waals surface area contributed by atoms with Crippen LogP contribution in [0.4, 0.5) is 4.39 Å². The molecule has 6 N–H and O–H groups in total. The molecular formula is C28H34ClFN6O. The van der Waals surface area contributed by atoms with Crippen LogP contribution in [0.15, 0.2) is 53.5 Å². The van der Waals surface area contributed by atoms with Crippen molar-refractivity contribution in [2.45, 2.75) is 58.2 Å². The molecule has 196 valence electrons. The summed E-state index contributed by atoms with van der Waals surface area (Å²) in [6, 6.07) is 13.4. The molecule has 0 aliphatic rings. The van der Waals surface area contributed by atoms with E-state index in [4.69, 9.17) is 23.1 Å². The largest absolute Gasteiger partial charge is 0.354 e. The van der Waals surface area contributed by atoms with Crippen LogP contribution >= 0.6 is 11.6 Å². The van der Waals surface area contributed by atoms with E-state index < -0.39 is 11.5 Å². The third kappa shape index (κ3) is 6.64. The van der Waals surface area contributed by atoms with Crippen LogP contribution in [0.1, 0.15) is 44.2 Å². The van der Waals surface area contributed by atoms with Gasteiger partial charge in [0.1, 0.15) is 5.65 Å². The number of nitrogens with two attached hydrogens (primary N) is 2. The highest BCUT2D eigenvalue weighted by Gasteiger charge is 2.15. The van der Waals surface area contributed by atoms with Crippen LogP contribution in [0.3, 0.4) is 0 Å². The summed E-state index contributed by atoms with van der Waals surface area (Å²) in [5, 5.41) is 4.18. The van der Waals surface area contributed by atoms with Gasteiger partial charge in [-0.15, -0.1) is 0 Å². The zero-order valence-corrected chi connectivity index (χ0v) is 22.0. The highest BCUT2D eigenvalue weighted by Crippen LogP contribution is 2.31. The van der Waals surface area contributed by atoms with Crippen molar-refractivity contribution in [1.82, 2.24) is 19.9 Å². The summed E-state index contributed by atoms with van der Waals surface area (Å²) < 4.78 is 16.5. The second-order valence-electron chi connectivity index (χ2n) is 9.71. The Bertz CT molecular complexity index is 1410. The Labute approximate surface area is 221 Å². The molecule has 7 nitrogen and oxygen atoms in total. The zero-order valence-electron chi connectivity index (χ0n) is 21.2. The second kappa shape index (κ2) is 12.0. The van der Waals surface area contributed by atoms with Crippen LogP contribution in [0, 0.1) is 5.82 Å². The van der Waals surface area contributed by atoms with E-state index in [2.05, 4.69) is 22.2 Å². The Hall–Kier alpha value is -3.04. The van der Waals surface area contributed by atoms with Crippen molar-refractivity contribution in [3.05, 3.63) is 81.1 Å². The molecule has 0 saturated heterocycles. The summed E-state index contributed by atoms with van der Waals surface area (Å²) in [5.74, 6) is -0.510. The van der Waals surface area contributed by atoms with E-state index in [-0.39, 0.29) is 11.1 Å². The van der Waals surface area contributed by atoms with E-state index in [1.807, 2.05) is 31.2 Å². The van der Waals surface area contributed by atoms with Crippen molar-refractivity contribution in [3.8, 4) is 16.9 Å². The maximum absolute atomic E-state index is 15.0. The summed E-state index contributed by atoms with van der Waals surface area (Å²) in [6.07, 6.45) is 5.13. The number of hydrogen-bond donors (Lipinski definition) is 4. The molecule has 0 amide bonds. The zero-order chi connectivity index (χ0) is 26.5. The predicted octanol–water partition coefficient (Wildman–Crippen LogP) is 4.67. The molecule has 0 aliphatic heterocycles. The molecule has 4 aromatic rings. The molecule has 37 heavy (non-hydrogen) atoms. The number of rotatable bonds is 11. The lowest BCUT2D eigenvalue weighted by Gasteiger charge is -2.13. The minimum absolute atomic E-state index is 0.0616. The molecule has 0 unspecified atom stereocenters. The molecule has 4 rings (SSSR count). The van der Waals surface area contributed by atoms with Crippen LogP contribution in [-0.4, -0.2) is 33.2 Å². The van der Waals surface area contributed by atoms with Crippen molar-refractivity contribution >= 4 is 22.6 Å². The predicted molar refractivity (Wildman–Crippen MR) is 149 cm³/mol. The van der Waals surface area contributed by atoms with Gasteiger partial charge in [0.15, 0.2) is 5.82 Å². The summed E-state index contributed by atoms with van der Waals surface area (Å²) in [5.41, 5.74) is 15.0. The number of hydrogen-bond acceptors (Lipinski definition) is 5. The van der Waals surface area contributed by atoms with Gasteiger partial charge in [-0.1, -0.05) is 23.7 Å². The van der Waals surface area contributed by atoms with Gasteiger partial charge in [-0.05, 0) is 87.5 Å². The Morgan fingerprint density at radius 1 is 1.14 bits per heavy atom. The SMILES string of the molecule is C[C@H](N)CCCc1cc(Cl)c(F)c(-c2cc3cn(-c4ccc(CN[C@H](C)CCN)cc4)c(=O)nc3[nH]2)c1. The molecule has 0 fully saturated rings. The summed E-state index contributed by atoms with van der Waals surface area (Å²) in [6.45, 7) is 5.43. The van der Waals surface area contributed by atoms with Gasteiger partial charge in [0.05, 0.1) is 16.4 Å². The highest BCUT2D eigenvalue weighted by atomic mass is 35.5. The average molecular weight is 525 g/mol. The van der Waals surface area contributed by atoms with Crippen LogP contribution in [0.2, 0.25) is 5.02 Å². The van der Waals surface area contributed by atoms with Crippen molar-refractivity contribution < 1.29 is 4.39 Å². The number of aromatic amines is 1. The van der Waals surface area contributed by atoms with Crippen molar-refractivity contribution in [2.24, 2.45) is 11.5 Å². The minimum Gasteiger partial charge on any atom is -0.339 e. The Morgan fingerprint density at radius 3 is 2.59 bits per heavy atom. The van der Waals surface area contributed by atoms with Gasteiger partial charge in [-0.25, -0.2) is 9.18 Å². The molecule has 2 aromatic carbocycles. The third-order valence-corrected chi connectivity index (χ3v) is 6.76. The Balaban J connectivity index is 1.59. The summed E-state index contributed by atoms with van der Waals surface area (Å²) in [4.78, 5) is 20.1. The quantitative estimate of drug-likeness (QED) is 0.227. The fourth-order valence-corrected chi connectivity index (χ4v) is 4.60. The molecule has 2 heterocycles. The van der Waals surface area contributed by atoms with Gasteiger partial charge in [-0.3, -0.25) is 4.57 Å². The molecule has 2 atom stereocenters. The number of nitrogens with zero attached hydrogens (tertiary/aromatic N) is 2. The molecular weight excluding hydrogens is 491 g/mol. The number of aryl methyl sites for hydroxylation is 1. The monoisotopic (exact) mass is 524 g/mol. The second-order valence-corrected chi connectivity index (χ2v) is 10.1. The van der Waals surface area contributed by atoms with Gasteiger partial charge in [0.25, 0.3) is 0 Å². The molecule has 0 spiro atoms. The van der Waals surface area contributed by atoms with Gasteiger partial charge in [-0.2, -0.15) is 4.98 Å². The molecule has 0 bridgehead atoms. The number of fused-ring (bicyclic) bond motifs is 1. The standard InChI is InChI=1S/C28H34ClFN6O/c1-17(32)4-3-5-20-12-23(26(30)24(29)13-20)25-14-21-16-36(28(37)35-27(21)34-25)22-8-6-19(7-9-22)15-33-18(2)10-11-31/h6-9,12-14,16-18,33H,3-5,10-11,15,31-32H2,1-2H3,(H,34,35,37)/t17-,18+/m0/s1. The van der Waals surface area contributed by atoms with Crippen LogP contribution in [0.5, 0.6) is 0 Å². The first kappa shape index (κ1) is 27.0. The van der Waals surface area contributed by atoms with Crippen LogP contribution in [0.25, 0.3) is 28.0 Å². The number of H-pyrrole nitrogens is 1. The van der Waals surface area contributed by atoms with Gasteiger partial charge < -0.3 is 21.8 Å². The fraction of sp³-hybridized carbons (Fsp3) is 0.357. The lowest BCUT2D eigenvalue weighted by molar-refractivity contribution is 0.520. The smallest absolute Gasteiger partial charge is 0.339 e. The molecule has 0 saturated carbocycles. The van der Waals surface area contributed by atoms with E-state index in [1.54, 1.807) is 24.4 Å². The lowest BCUT2D eigenvalue weighted by atomic mass is 10.0. The highest BCUT2D eigenvalue weighted by molar-refractivity contribution is 6.31. The van der Waals surface area contributed by atoms with E-state index in [1.165, 1.54) is 4.57 Å². The fourth-order valence-electron chi connectivity index (χ4n) is 4.36. The van der Waals surface area contributed by atoms with Crippen molar-refractivity contribution in [3.63, 3.8) is 0 Å². The molecule has 0 aliphatic carbocycles. The Morgan fingerprint density at radius 2 is 1.89 bits per heavy atom. The van der Waals surface area contributed by atoms with Crippen molar-refractivity contribution in [1.29, 1.82) is 0 Å². The number of halogens is 2. The van der Waals surface area contributed by atoms with E-state index in [0.29, 0.717) is 47.1 Å². The average Bonchev–Trinajstić information content (AvgIpc) is 3.27. The lowest BCUT2D eigenvalue weighted by Crippen LogP contribution is -2.27. The number of aromatic nitrogens is 3. The topological polar surface area (TPSA) is 115 Å². The Kier molecular flexibility index (Phi) is 8.76. The maximum Gasteiger partial charge on any atom is 0.354 e. The number of benzene rings is 2. The molecule has 0 radical (unpaired) electrons. The van der Waals surface area contributed by atoms with Gasteiger partial charge in [0.2, 0.25) is 0 Å². The third-order valence-electron chi connectivity index (χ3n) is 6.48. The molecule has 9 heteroatoms. The normalized spacial score (nSPS) is 13.2. The summed E-state index contributed by atoms with van der Waals surface area (Å²) in [7, 11) is 0. The summed E-state index contributed by atoms with van der Waals surface area (Å²) >= 11 is 6.21. The maximum atomic E-state index is 15.0. The van der Waals surface area contributed by atoms with Crippen molar-refractivity contribution in [2.75, 3.05) is 6.54 Å². The minimum atomic E-state index is -0.510. The van der Waals surface area contributed by atoms with Crippen LogP contribution in [-0.2, 0) is 13.0 Å². The van der Waals surface area contributed by atoms with E-state index in [0.717, 1.165) is 36.8 Å². The first-order chi connectivity index (χ1) is 17.7. The first-order valence-corrected chi connectivity index (χ1v) is 13.0. The molecule has 2 aromatic heterocycles. The number of nitrogens with one attached hydrogen (secondary N) is 2. The van der Waals surface area contributed by atoms with E-state index in [9.17, 15) is 9.18 Å². The van der Waals surface area contributed by atoms with E-state index >= 15 is 0 Å². The van der Waals surface area contributed by atoms with Gasteiger partial charge >= 0.3 is 5.69 Å². The van der Waals surface area contributed by atoms with Crippen LogP contribution < -0.4 is 22.5 Å².